The Bertz CT molecular complexity index is 1930. The Balaban J connectivity index is 1.56. The highest BCUT2D eigenvalue weighted by molar-refractivity contribution is 6.12. The van der Waals surface area contributed by atoms with Crippen molar-refractivity contribution in [3.05, 3.63) is 120 Å². The largest absolute Gasteiger partial charge is 0.309 e. The van der Waals surface area contributed by atoms with Crippen LogP contribution in [0.3, 0.4) is 0 Å². The summed E-state index contributed by atoms with van der Waals surface area (Å²) < 4.78 is 4.81. The Hall–Kier alpha value is -4.30. The van der Waals surface area contributed by atoms with E-state index in [2.05, 4.69) is 133 Å². The molecule has 2 nitrogen and oxygen atoms in total. The molecular weight excluding hydrogens is 424 g/mol. The molecule has 0 amide bonds. The third kappa shape index (κ3) is 2.90. The van der Waals surface area contributed by atoms with Crippen LogP contribution in [0.1, 0.15) is 16.7 Å². The molecule has 2 aromatic heterocycles. The van der Waals surface area contributed by atoms with Crippen LogP contribution >= 0.6 is 0 Å². The third-order valence-corrected chi connectivity index (χ3v) is 7.49. The first-order valence-corrected chi connectivity index (χ1v) is 12.2. The first kappa shape index (κ1) is 20.1. The lowest BCUT2D eigenvalue weighted by atomic mass is 10.1. The summed E-state index contributed by atoms with van der Waals surface area (Å²) in [4.78, 5) is 0. The lowest BCUT2D eigenvalue weighted by Crippen LogP contribution is -1.96. The van der Waals surface area contributed by atoms with Crippen molar-refractivity contribution >= 4 is 43.6 Å². The monoisotopic (exact) mass is 450 g/mol. The molecule has 0 unspecified atom stereocenters. The molecule has 2 heterocycles. The molecule has 7 rings (SSSR count). The van der Waals surface area contributed by atoms with E-state index in [1.165, 1.54) is 71.7 Å². The van der Waals surface area contributed by atoms with Crippen LogP contribution in [0.5, 0.6) is 0 Å². The van der Waals surface area contributed by atoms with Crippen LogP contribution in [0, 0.1) is 20.8 Å². The van der Waals surface area contributed by atoms with Gasteiger partial charge in [-0.2, -0.15) is 0 Å². The molecule has 0 spiro atoms. The molecule has 0 radical (unpaired) electrons. The van der Waals surface area contributed by atoms with E-state index in [1.807, 2.05) is 0 Å². The molecule has 0 saturated heterocycles. The average molecular weight is 451 g/mol. The second-order valence-corrected chi connectivity index (χ2v) is 9.70. The first-order chi connectivity index (χ1) is 17.1. The predicted molar refractivity (Wildman–Crippen MR) is 149 cm³/mol. The van der Waals surface area contributed by atoms with Crippen molar-refractivity contribution in [2.45, 2.75) is 20.8 Å². The molecule has 0 saturated carbocycles. The van der Waals surface area contributed by atoms with E-state index in [1.54, 1.807) is 0 Å². The predicted octanol–water partition coefficient (Wildman–Crippen LogP) is 8.81. The fourth-order valence-corrected chi connectivity index (χ4v) is 5.61. The Labute approximate surface area is 204 Å². The summed E-state index contributed by atoms with van der Waals surface area (Å²) in [6.07, 6.45) is 0. The zero-order chi connectivity index (χ0) is 23.7. The molecule has 0 fully saturated rings. The summed E-state index contributed by atoms with van der Waals surface area (Å²) >= 11 is 0. The fraction of sp³-hybridized carbons (Fsp3) is 0.0909. The molecule has 7 aromatic rings. The summed E-state index contributed by atoms with van der Waals surface area (Å²) in [6, 6.07) is 37.9. The van der Waals surface area contributed by atoms with Crippen molar-refractivity contribution in [2.24, 2.45) is 0 Å². The minimum Gasteiger partial charge on any atom is -0.309 e. The Morgan fingerprint density at radius 2 is 0.914 bits per heavy atom. The van der Waals surface area contributed by atoms with Crippen LogP contribution in [0.25, 0.3) is 55.0 Å². The molecule has 0 atom stereocenters. The van der Waals surface area contributed by atoms with E-state index in [0.717, 1.165) is 0 Å². The SMILES string of the molecule is Cc1ccc2c(c1)c1ccccc1n2-c1ccc2c(c1)c1ccccc1n2-c1ccc(C)c(C)c1. The van der Waals surface area contributed by atoms with Gasteiger partial charge in [-0.1, -0.05) is 54.1 Å². The van der Waals surface area contributed by atoms with Gasteiger partial charge in [0, 0.05) is 32.9 Å². The summed E-state index contributed by atoms with van der Waals surface area (Å²) in [5.74, 6) is 0. The van der Waals surface area contributed by atoms with Gasteiger partial charge in [0.25, 0.3) is 0 Å². The molecule has 0 aliphatic heterocycles. The molecule has 2 heteroatoms. The number of hydrogen-bond donors (Lipinski definition) is 0. The Morgan fingerprint density at radius 1 is 0.400 bits per heavy atom. The minimum absolute atomic E-state index is 1.19. The third-order valence-electron chi connectivity index (χ3n) is 7.49. The zero-order valence-corrected chi connectivity index (χ0v) is 20.2. The number of nitrogens with zero attached hydrogens (tertiary/aromatic N) is 2. The second-order valence-electron chi connectivity index (χ2n) is 9.70. The normalized spacial score (nSPS) is 11.9. The van der Waals surface area contributed by atoms with Crippen molar-refractivity contribution in [2.75, 3.05) is 0 Å². The second kappa shape index (κ2) is 7.35. The van der Waals surface area contributed by atoms with Crippen LogP contribution in [-0.4, -0.2) is 9.13 Å². The molecular formula is C33H26N2. The maximum absolute atomic E-state index is 2.41. The van der Waals surface area contributed by atoms with Gasteiger partial charge in [-0.3, -0.25) is 0 Å². The van der Waals surface area contributed by atoms with Crippen LogP contribution in [0.2, 0.25) is 0 Å². The maximum atomic E-state index is 2.41. The highest BCUT2D eigenvalue weighted by Crippen LogP contribution is 2.37. The van der Waals surface area contributed by atoms with Crippen LogP contribution in [-0.2, 0) is 0 Å². The van der Waals surface area contributed by atoms with Gasteiger partial charge < -0.3 is 9.13 Å². The number of fused-ring (bicyclic) bond motifs is 6. The van der Waals surface area contributed by atoms with Gasteiger partial charge in [0.05, 0.1) is 22.1 Å². The van der Waals surface area contributed by atoms with Gasteiger partial charge in [-0.15, -0.1) is 0 Å². The van der Waals surface area contributed by atoms with E-state index >= 15 is 0 Å². The topological polar surface area (TPSA) is 9.86 Å². The van der Waals surface area contributed by atoms with E-state index in [-0.39, 0.29) is 0 Å². The summed E-state index contributed by atoms with van der Waals surface area (Å²) in [6.45, 7) is 6.53. The van der Waals surface area contributed by atoms with Gasteiger partial charge in [-0.05, 0) is 86.5 Å². The summed E-state index contributed by atoms with van der Waals surface area (Å²) in [5.41, 5.74) is 11.3. The number of aromatic nitrogens is 2. The maximum Gasteiger partial charge on any atom is 0.0542 e. The molecule has 0 aliphatic rings. The number of benzene rings is 5. The number of hydrogen-bond acceptors (Lipinski definition) is 0. The summed E-state index contributed by atoms with van der Waals surface area (Å²) in [7, 11) is 0. The first-order valence-electron chi connectivity index (χ1n) is 12.2. The minimum atomic E-state index is 1.19. The number of aryl methyl sites for hydroxylation is 3. The van der Waals surface area contributed by atoms with Gasteiger partial charge in [-0.25, -0.2) is 0 Å². The van der Waals surface area contributed by atoms with Crippen molar-refractivity contribution in [3.63, 3.8) is 0 Å². The van der Waals surface area contributed by atoms with E-state index in [0.29, 0.717) is 0 Å². The molecule has 5 aromatic carbocycles. The van der Waals surface area contributed by atoms with Crippen LogP contribution in [0.15, 0.2) is 103 Å². The smallest absolute Gasteiger partial charge is 0.0542 e. The van der Waals surface area contributed by atoms with Gasteiger partial charge in [0.1, 0.15) is 0 Å². The molecule has 168 valence electrons. The van der Waals surface area contributed by atoms with Gasteiger partial charge in [0.2, 0.25) is 0 Å². The standard InChI is InChI=1S/C33H26N2/c1-21-12-16-32-28(18-21)26-8-4-6-10-30(26)35(32)25-15-17-33-29(20-25)27-9-5-7-11-31(27)34(33)24-14-13-22(2)23(3)19-24/h4-20H,1-3H3. The van der Waals surface area contributed by atoms with Crippen molar-refractivity contribution in [1.29, 1.82) is 0 Å². The Kier molecular flexibility index (Phi) is 4.22. The van der Waals surface area contributed by atoms with E-state index in [4.69, 9.17) is 0 Å². The van der Waals surface area contributed by atoms with Crippen LogP contribution < -0.4 is 0 Å². The lowest BCUT2D eigenvalue weighted by Gasteiger charge is -2.11. The summed E-state index contributed by atoms with van der Waals surface area (Å²) in [5, 5.41) is 5.15. The molecule has 0 aliphatic carbocycles. The lowest BCUT2D eigenvalue weighted by molar-refractivity contribution is 1.15. The number of rotatable bonds is 2. The quantitative estimate of drug-likeness (QED) is 0.249. The average Bonchev–Trinajstić information content (AvgIpc) is 3.38. The molecule has 0 N–H and O–H groups in total. The number of para-hydroxylation sites is 2. The fourth-order valence-electron chi connectivity index (χ4n) is 5.61. The highest BCUT2D eigenvalue weighted by Gasteiger charge is 2.16. The van der Waals surface area contributed by atoms with Crippen molar-refractivity contribution in [1.82, 2.24) is 9.13 Å². The van der Waals surface area contributed by atoms with Crippen molar-refractivity contribution < 1.29 is 0 Å². The van der Waals surface area contributed by atoms with Crippen LogP contribution in [0.4, 0.5) is 0 Å². The highest BCUT2D eigenvalue weighted by atomic mass is 15.0. The van der Waals surface area contributed by atoms with Gasteiger partial charge in [0.15, 0.2) is 0 Å². The van der Waals surface area contributed by atoms with Crippen molar-refractivity contribution in [3.8, 4) is 11.4 Å². The van der Waals surface area contributed by atoms with Gasteiger partial charge >= 0.3 is 0 Å². The molecule has 35 heavy (non-hydrogen) atoms. The molecule has 0 bridgehead atoms. The van der Waals surface area contributed by atoms with E-state index < -0.39 is 0 Å². The van der Waals surface area contributed by atoms with E-state index in [9.17, 15) is 0 Å². The zero-order valence-electron chi connectivity index (χ0n) is 20.2. The Morgan fingerprint density at radius 3 is 1.57 bits per heavy atom.